The first kappa shape index (κ1) is 18.5. The Balaban J connectivity index is 1.64. The number of hydrogen-bond donors (Lipinski definition) is 2. The van der Waals surface area contributed by atoms with Crippen LogP contribution in [-0.2, 0) is 6.54 Å². The molecule has 0 spiro atoms. The van der Waals surface area contributed by atoms with Gasteiger partial charge in [-0.3, -0.25) is 19.7 Å². The van der Waals surface area contributed by atoms with E-state index in [-0.39, 0.29) is 11.7 Å². The second-order valence-electron chi connectivity index (χ2n) is 7.20. The lowest BCUT2D eigenvalue weighted by Crippen LogP contribution is -2.37. The zero-order valence-corrected chi connectivity index (χ0v) is 15.8. The fraction of sp³-hybridized carbons (Fsp3) is 0.333. The van der Waals surface area contributed by atoms with E-state index in [1.54, 1.807) is 12.4 Å². The van der Waals surface area contributed by atoms with Crippen molar-refractivity contribution in [1.82, 2.24) is 24.8 Å². The van der Waals surface area contributed by atoms with Crippen molar-refractivity contribution >= 4 is 0 Å². The molecule has 0 radical (unpaired) electrons. The molecule has 1 aliphatic heterocycles. The number of hydrogen-bond acceptors (Lipinski definition) is 6. The van der Waals surface area contributed by atoms with E-state index < -0.39 is 0 Å². The first-order valence-electron chi connectivity index (χ1n) is 9.47. The minimum Gasteiger partial charge on any atom is -0.392 e. The number of nitrogens with zero attached hydrogens (tertiary/aromatic N) is 4. The van der Waals surface area contributed by atoms with Gasteiger partial charge in [0.15, 0.2) is 0 Å². The van der Waals surface area contributed by atoms with Gasteiger partial charge in [0.25, 0.3) is 5.56 Å². The van der Waals surface area contributed by atoms with E-state index in [0.29, 0.717) is 23.8 Å². The second-order valence-corrected chi connectivity index (χ2v) is 7.20. The Morgan fingerprint density at radius 1 is 1.25 bits per heavy atom. The zero-order chi connectivity index (χ0) is 19.5. The lowest BCUT2D eigenvalue weighted by Gasteiger charge is -2.30. The quantitative estimate of drug-likeness (QED) is 0.723. The van der Waals surface area contributed by atoms with Gasteiger partial charge in [-0.1, -0.05) is 18.2 Å². The number of aliphatic hydroxyl groups excluding tert-OH is 1. The van der Waals surface area contributed by atoms with E-state index in [1.165, 1.54) is 6.07 Å². The number of aryl methyl sites for hydroxylation is 1. The van der Waals surface area contributed by atoms with Gasteiger partial charge in [0, 0.05) is 37.1 Å². The van der Waals surface area contributed by atoms with Gasteiger partial charge in [-0.2, -0.15) is 0 Å². The fourth-order valence-corrected chi connectivity index (χ4v) is 3.62. The van der Waals surface area contributed by atoms with Crippen LogP contribution < -0.4 is 5.56 Å². The molecule has 1 saturated heterocycles. The summed E-state index contributed by atoms with van der Waals surface area (Å²) in [5.74, 6) is 0.507. The molecule has 3 heterocycles. The fourth-order valence-electron chi connectivity index (χ4n) is 3.62. The number of piperidine rings is 1. The molecular formula is C21H23N5O2. The molecule has 1 atom stereocenters. The minimum absolute atomic E-state index is 0.227. The third-order valence-corrected chi connectivity index (χ3v) is 4.95. The third kappa shape index (κ3) is 4.16. The monoisotopic (exact) mass is 377 g/mol. The van der Waals surface area contributed by atoms with Gasteiger partial charge in [-0.05, 0) is 37.9 Å². The van der Waals surface area contributed by atoms with Crippen LogP contribution in [0.25, 0.3) is 22.8 Å². The summed E-state index contributed by atoms with van der Waals surface area (Å²) in [5.41, 5.74) is 3.58. The van der Waals surface area contributed by atoms with E-state index in [2.05, 4.69) is 30.9 Å². The van der Waals surface area contributed by atoms with Crippen LogP contribution in [0.4, 0.5) is 0 Å². The van der Waals surface area contributed by atoms with Crippen molar-refractivity contribution in [3.63, 3.8) is 0 Å². The molecule has 144 valence electrons. The Kier molecular flexibility index (Phi) is 5.27. The summed E-state index contributed by atoms with van der Waals surface area (Å²) in [5, 5.41) is 9.88. The number of H-pyrrole nitrogens is 1. The third-order valence-electron chi connectivity index (χ3n) is 4.95. The van der Waals surface area contributed by atoms with Crippen LogP contribution in [0, 0.1) is 6.92 Å². The summed E-state index contributed by atoms with van der Waals surface area (Å²) in [6.07, 6.45) is 4.85. The van der Waals surface area contributed by atoms with E-state index in [1.807, 2.05) is 25.1 Å². The number of β-amino-alcohol motifs (C(OH)–C–C–N with tert-alkyl or cyclic N) is 1. The van der Waals surface area contributed by atoms with Crippen molar-refractivity contribution in [2.24, 2.45) is 0 Å². The standard InChI is InChI=1S/C21H23N5O2/c1-14-20(23-8-7-22-14)18-11-19(28)25-21(24-18)16-5-2-4-15(10-16)12-26-9-3-6-17(27)13-26/h2,4-5,7-8,10-11,17,27H,3,6,9,12-13H2,1H3,(H,24,25,28). The van der Waals surface area contributed by atoms with Crippen molar-refractivity contribution in [1.29, 1.82) is 0 Å². The molecular weight excluding hydrogens is 354 g/mol. The second kappa shape index (κ2) is 8.00. The highest BCUT2D eigenvalue weighted by Crippen LogP contribution is 2.21. The number of aliphatic hydroxyl groups is 1. The lowest BCUT2D eigenvalue weighted by molar-refractivity contribution is 0.0668. The predicted octanol–water partition coefficient (Wildman–Crippen LogP) is 2.16. The normalized spacial score (nSPS) is 17.6. The highest BCUT2D eigenvalue weighted by atomic mass is 16.3. The van der Waals surface area contributed by atoms with Crippen LogP contribution in [-0.4, -0.2) is 49.1 Å². The largest absolute Gasteiger partial charge is 0.392 e. The number of likely N-dealkylation sites (tertiary alicyclic amines) is 1. The Morgan fingerprint density at radius 2 is 2.11 bits per heavy atom. The van der Waals surface area contributed by atoms with E-state index >= 15 is 0 Å². The van der Waals surface area contributed by atoms with Gasteiger partial charge in [-0.25, -0.2) is 4.98 Å². The summed E-state index contributed by atoms with van der Waals surface area (Å²) >= 11 is 0. The minimum atomic E-state index is -0.248. The summed E-state index contributed by atoms with van der Waals surface area (Å²) in [6, 6.07) is 9.43. The summed E-state index contributed by atoms with van der Waals surface area (Å²) < 4.78 is 0. The molecule has 0 saturated carbocycles. The van der Waals surface area contributed by atoms with Crippen molar-refractivity contribution in [2.45, 2.75) is 32.4 Å². The van der Waals surface area contributed by atoms with Crippen LogP contribution in [0.15, 0.2) is 47.5 Å². The Bertz CT molecular complexity index is 1030. The maximum Gasteiger partial charge on any atom is 0.251 e. The summed E-state index contributed by atoms with van der Waals surface area (Å²) in [6.45, 7) is 4.29. The van der Waals surface area contributed by atoms with E-state index in [9.17, 15) is 9.90 Å². The first-order valence-corrected chi connectivity index (χ1v) is 9.47. The molecule has 2 aromatic heterocycles. The number of rotatable bonds is 4. The van der Waals surface area contributed by atoms with Crippen molar-refractivity contribution in [3.05, 3.63) is 64.3 Å². The van der Waals surface area contributed by atoms with Gasteiger partial charge >= 0.3 is 0 Å². The van der Waals surface area contributed by atoms with Crippen LogP contribution in [0.3, 0.4) is 0 Å². The van der Waals surface area contributed by atoms with Gasteiger partial charge < -0.3 is 10.1 Å². The molecule has 1 fully saturated rings. The first-order chi connectivity index (χ1) is 13.6. The van der Waals surface area contributed by atoms with Crippen molar-refractivity contribution in [2.75, 3.05) is 13.1 Å². The summed E-state index contributed by atoms with van der Waals surface area (Å²) in [4.78, 5) is 30.5. The van der Waals surface area contributed by atoms with Crippen molar-refractivity contribution < 1.29 is 5.11 Å². The highest BCUT2D eigenvalue weighted by molar-refractivity contribution is 5.62. The van der Waals surface area contributed by atoms with Crippen LogP contribution >= 0.6 is 0 Å². The molecule has 1 unspecified atom stereocenters. The Labute approximate surface area is 163 Å². The van der Waals surface area contributed by atoms with E-state index in [4.69, 9.17) is 0 Å². The molecule has 4 rings (SSSR count). The maximum atomic E-state index is 12.2. The van der Waals surface area contributed by atoms with Crippen molar-refractivity contribution in [3.8, 4) is 22.8 Å². The van der Waals surface area contributed by atoms with Gasteiger partial charge in [0.05, 0.1) is 17.5 Å². The van der Waals surface area contributed by atoms with Crippen LogP contribution in [0.5, 0.6) is 0 Å². The smallest absolute Gasteiger partial charge is 0.251 e. The topological polar surface area (TPSA) is 95.0 Å². The highest BCUT2D eigenvalue weighted by Gasteiger charge is 2.18. The Morgan fingerprint density at radius 3 is 2.93 bits per heavy atom. The van der Waals surface area contributed by atoms with Crippen LogP contribution in [0.2, 0.25) is 0 Å². The average molecular weight is 377 g/mol. The zero-order valence-electron chi connectivity index (χ0n) is 15.8. The van der Waals surface area contributed by atoms with Gasteiger partial charge in [0.1, 0.15) is 11.5 Å². The molecule has 0 amide bonds. The SMILES string of the molecule is Cc1nccnc1-c1cc(=O)[nH]c(-c2cccc(CN3CCCC(O)C3)c2)n1. The molecule has 1 aromatic carbocycles. The van der Waals surface area contributed by atoms with Crippen LogP contribution in [0.1, 0.15) is 24.1 Å². The lowest BCUT2D eigenvalue weighted by atomic mass is 10.1. The molecule has 0 aliphatic carbocycles. The molecule has 7 heteroatoms. The Hall–Kier alpha value is -2.90. The van der Waals surface area contributed by atoms with E-state index in [0.717, 1.165) is 42.8 Å². The molecule has 7 nitrogen and oxygen atoms in total. The molecule has 2 N–H and O–H groups in total. The molecule has 3 aromatic rings. The number of aromatic nitrogens is 4. The summed E-state index contributed by atoms with van der Waals surface area (Å²) in [7, 11) is 0. The maximum absolute atomic E-state index is 12.2. The van der Waals surface area contributed by atoms with Gasteiger partial charge in [0.2, 0.25) is 0 Å². The number of aromatic amines is 1. The number of nitrogens with one attached hydrogen (secondary N) is 1. The molecule has 28 heavy (non-hydrogen) atoms. The molecule has 0 bridgehead atoms. The predicted molar refractivity (Wildman–Crippen MR) is 107 cm³/mol. The molecule has 1 aliphatic rings. The van der Waals surface area contributed by atoms with Gasteiger partial charge in [-0.15, -0.1) is 0 Å². The average Bonchev–Trinajstić information content (AvgIpc) is 2.68. The number of benzene rings is 1.